The van der Waals surface area contributed by atoms with Crippen molar-refractivity contribution in [1.29, 1.82) is 0 Å². The lowest BCUT2D eigenvalue weighted by atomic mass is 9.99. The number of alkyl carbamates (subject to hydrolysis) is 1. The number of pyridine rings is 1. The molecule has 0 bridgehead atoms. The second-order valence-corrected chi connectivity index (χ2v) is 13.5. The Morgan fingerprint density at radius 3 is 2.46 bits per heavy atom. The third kappa shape index (κ3) is 8.17. The van der Waals surface area contributed by atoms with E-state index < -0.39 is 11.7 Å². The molecule has 0 saturated carbocycles. The van der Waals surface area contributed by atoms with Crippen LogP contribution in [0.25, 0.3) is 33.3 Å². The van der Waals surface area contributed by atoms with Crippen LogP contribution in [0.3, 0.4) is 0 Å². The van der Waals surface area contributed by atoms with Gasteiger partial charge in [-0.1, -0.05) is 48.5 Å². The van der Waals surface area contributed by atoms with E-state index in [4.69, 9.17) is 28.7 Å². The minimum atomic E-state index is -0.616. The van der Waals surface area contributed by atoms with Crippen LogP contribution in [0, 0.1) is 3.70 Å². The van der Waals surface area contributed by atoms with Gasteiger partial charge in [0.2, 0.25) is 0 Å². The zero-order valence-corrected chi connectivity index (χ0v) is 29.4. The molecule has 6 aromatic rings. The summed E-state index contributed by atoms with van der Waals surface area (Å²) in [5.41, 5.74) is 6.09. The van der Waals surface area contributed by atoms with Crippen LogP contribution >= 0.6 is 22.6 Å². The number of aromatic nitrogens is 3. The normalized spacial score (nSPS) is 12.1. The second-order valence-electron chi connectivity index (χ2n) is 12.5. The summed E-state index contributed by atoms with van der Waals surface area (Å²) < 4.78 is 25.5. The highest BCUT2D eigenvalue weighted by Gasteiger charge is 2.21. The largest absolute Gasteiger partial charge is 0.497 e. The maximum atomic E-state index is 12.7. The van der Waals surface area contributed by atoms with Gasteiger partial charge in [-0.15, -0.1) is 0 Å². The minimum Gasteiger partial charge on any atom is -0.497 e. The first-order chi connectivity index (χ1) is 23.1. The van der Waals surface area contributed by atoms with Crippen molar-refractivity contribution in [1.82, 2.24) is 20.1 Å². The number of fused-ring (bicyclic) bond motifs is 1. The zero-order chi connectivity index (χ0) is 33.7. The molecule has 9 nitrogen and oxygen atoms in total. The van der Waals surface area contributed by atoms with E-state index >= 15 is 0 Å². The second kappa shape index (κ2) is 14.5. The predicted octanol–water partition coefficient (Wildman–Crippen LogP) is 8.53. The van der Waals surface area contributed by atoms with E-state index in [1.165, 1.54) is 0 Å². The van der Waals surface area contributed by atoms with E-state index in [9.17, 15) is 4.79 Å². The summed E-state index contributed by atoms with van der Waals surface area (Å²) in [6.45, 7) is 6.38. The summed E-state index contributed by atoms with van der Waals surface area (Å²) in [6.07, 6.45) is 5.10. The summed E-state index contributed by atoms with van der Waals surface area (Å²) in [5, 5.41) is 8.88. The number of nitrogens with zero attached hydrogens (tertiary/aromatic N) is 3. The van der Waals surface area contributed by atoms with Gasteiger partial charge in [0, 0.05) is 16.5 Å². The summed E-state index contributed by atoms with van der Waals surface area (Å²) in [7, 11) is 1.66. The van der Waals surface area contributed by atoms with Crippen LogP contribution in [-0.2, 0) is 17.7 Å². The van der Waals surface area contributed by atoms with Crippen molar-refractivity contribution in [2.75, 3.05) is 13.7 Å². The number of furan rings is 1. The number of rotatable bonds is 11. The molecule has 3 aromatic carbocycles. The van der Waals surface area contributed by atoms with E-state index in [0.717, 1.165) is 53.9 Å². The van der Waals surface area contributed by atoms with E-state index in [-0.39, 0.29) is 12.6 Å². The fourth-order valence-electron chi connectivity index (χ4n) is 5.43. The first kappa shape index (κ1) is 33.1. The number of hydrogen-bond acceptors (Lipinski definition) is 7. The number of ether oxygens (including phenoxy) is 3. The van der Waals surface area contributed by atoms with Gasteiger partial charge in [0.25, 0.3) is 0 Å². The molecule has 0 spiro atoms. The zero-order valence-electron chi connectivity index (χ0n) is 27.3. The number of amides is 1. The van der Waals surface area contributed by atoms with Crippen LogP contribution in [0.1, 0.15) is 31.9 Å². The Hall–Kier alpha value is -4.84. The smallest absolute Gasteiger partial charge is 0.408 e. The molecule has 1 atom stereocenters. The topological polar surface area (TPSA) is 101 Å². The molecule has 3 aromatic heterocycles. The Balaban J connectivity index is 1.28. The van der Waals surface area contributed by atoms with Crippen LogP contribution in [-0.4, -0.2) is 46.2 Å². The number of benzene rings is 3. The molecule has 48 heavy (non-hydrogen) atoms. The summed E-state index contributed by atoms with van der Waals surface area (Å²) in [6, 6.07) is 27.9. The lowest BCUT2D eigenvalue weighted by molar-refractivity contribution is 0.0487. The predicted molar refractivity (Wildman–Crippen MR) is 194 cm³/mol. The maximum Gasteiger partial charge on any atom is 0.408 e. The number of halogens is 1. The number of nitrogens with one attached hydrogen (secondary N) is 1. The Labute approximate surface area is 293 Å². The molecule has 1 amide bonds. The molecular formula is C38H37IN4O5. The number of carbonyl (C=O) groups is 1. The monoisotopic (exact) mass is 756 g/mol. The number of methoxy groups -OCH3 is 1. The van der Waals surface area contributed by atoms with Gasteiger partial charge in [0.1, 0.15) is 27.4 Å². The standard InChI is InChI=1S/C38H37IN4O5/c1-38(2,3)48-37(44)41-29(18-25-8-6-5-7-9-25)24-47-31-20-32(35(40-21-31)28-16-17-46-23-28)27-12-15-34-33(19-27)36(39)42-43(34)22-26-10-13-30(45-4)14-11-26/h5-17,19-21,23,29H,18,22,24H2,1-4H3,(H,41,44)/t29-/m0/s1. The average molecular weight is 757 g/mol. The molecule has 0 aliphatic rings. The van der Waals surface area contributed by atoms with Gasteiger partial charge in [0.15, 0.2) is 0 Å². The molecule has 3 heterocycles. The van der Waals surface area contributed by atoms with Crippen LogP contribution in [0.2, 0.25) is 0 Å². The third-order valence-corrected chi connectivity index (χ3v) is 8.46. The minimum absolute atomic E-state index is 0.218. The molecule has 10 heteroatoms. The first-order valence-electron chi connectivity index (χ1n) is 15.6. The van der Waals surface area contributed by atoms with Gasteiger partial charge in [-0.2, -0.15) is 5.10 Å². The van der Waals surface area contributed by atoms with Crippen molar-refractivity contribution in [2.24, 2.45) is 0 Å². The molecule has 0 saturated heterocycles. The van der Waals surface area contributed by atoms with Gasteiger partial charge in [-0.3, -0.25) is 9.67 Å². The fourth-order valence-corrected chi connectivity index (χ4v) is 6.12. The van der Waals surface area contributed by atoms with E-state index in [0.29, 0.717) is 18.7 Å². The van der Waals surface area contributed by atoms with E-state index in [1.54, 1.807) is 25.8 Å². The molecule has 1 N–H and O–H groups in total. The highest BCUT2D eigenvalue weighted by Crippen LogP contribution is 2.36. The van der Waals surface area contributed by atoms with Gasteiger partial charge >= 0.3 is 6.09 Å². The molecule has 246 valence electrons. The lowest BCUT2D eigenvalue weighted by Gasteiger charge is -2.24. The van der Waals surface area contributed by atoms with Crippen molar-refractivity contribution in [3.8, 4) is 33.9 Å². The van der Waals surface area contributed by atoms with Crippen LogP contribution in [0.5, 0.6) is 11.5 Å². The molecular weight excluding hydrogens is 719 g/mol. The Bertz CT molecular complexity index is 1980. The van der Waals surface area contributed by atoms with Crippen molar-refractivity contribution >= 4 is 39.6 Å². The van der Waals surface area contributed by atoms with Gasteiger partial charge in [-0.25, -0.2) is 4.79 Å². The van der Waals surface area contributed by atoms with Crippen molar-refractivity contribution < 1.29 is 23.4 Å². The van der Waals surface area contributed by atoms with Gasteiger partial charge < -0.3 is 23.9 Å². The molecule has 0 aliphatic carbocycles. The molecule has 0 fully saturated rings. The Morgan fingerprint density at radius 2 is 1.75 bits per heavy atom. The molecule has 0 unspecified atom stereocenters. The quantitative estimate of drug-likeness (QED) is 0.132. The highest BCUT2D eigenvalue weighted by atomic mass is 127. The fraction of sp³-hybridized carbons (Fsp3) is 0.237. The molecule has 0 radical (unpaired) electrons. The Kier molecular flexibility index (Phi) is 10.00. The van der Waals surface area contributed by atoms with Gasteiger partial charge in [-0.05, 0) is 103 Å². The van der Waals surface area contributed by atoms with Gasteiger partial charge in [0.05, 0.1) is 49.6 Å². The average Bonchev–Trinajstić information content (AvgIpc) is 3.71. The van der Waals surface area contributed by atoms with Crippen molar-refractivity contribution in [3.05, 3.63) is 118 Å². The molecule has 6 rings (SSSR count). The number of carbonyl (C=O) groups excluding carboxylic acids is 1. The summed E-state index contributed by atoms with van der Waals surface area (Å²) in [4.78, 5) is 17.5. The Morgan fingerprint density at radius 1 is 0.958 bits per heavy atom. The third-order valence-electron chi connectivity index (χ3n) is 7.66. The van der Waals surface area contributed by atoms with Crippen LogP contribution in [0.15, 0.2) is 108 Å². The van der Waals surface area contributed by atoms with Crippen LogP contribution < -0.4 is 14.8 Å². The summed E-state index contributed by atoms with van der Waals surface area (Å²) >= 11 is 2.29. The highest BCUT2D eigenvalue weighted by molar-refractivity contribution is 14.1. The lowest BCUT2D eigenvalue weighted by Crippen LogP contribution is -2.43. The molecule has 0 aliphatic heterocycles. The first-order valence-corrected chi connectivity index (χ1v) is 16.7. The van der Waals surface area contributed by atoms with Crippen LogP contribution in [0.4, 0.5) is 4.79 Å². The van der Waals surface area contributed by atoms with Crippen molar-refractivity contribution in [2.45, 2.75) is 45.4 Å². The van der Waals surface area contributed by atoms with E-state index in [2.05, 4.69) is 58.2 Å². The summed E-state index contributed by atoms with van der Waals surface area (Å²) in [5.74, 6) is 1.40. The SMILES string of the molecule is COc1ccc(Cn2nc(I)c3cc(-c4cc(OC[C@H](Cc5ccccc5)NC(=O)OC(C)(C)C)cnc4-c4ccoc4)ccc32)cc1. The van der Waals surface area contributed by atoms with Crippen molar-refractivity contribution in [3.63, 3.8) is 0 Å². The van der Waals surface area contributed by atoms with E-state index in [1.807, 2.05) is 80.1 Å². The number of hydrogen-bond donors (Lipinski definition) is 1. The maximum absolute atomic E-state index is 12.7.